The van der Waals surface area contributed by atoms with E-state index in [-0.39, 0.29) is 0 Å². The van der Waals surface area contributed by atoms with Gasteiger partial charge in [0.1, 0.15) is 5.82 Å². The molecule has 1 heterocycles. The van der Waals surface area contributed by atoms with E-state index in [0.717, 1.165) is 28.1 Å². The van der Waals surface area contributed by atoms with Crippen LogP contribution in [0.3, 0.4) is 0 Å². The number of hydrogen-bond donors (Lipinski definition) is 0. The molecule has 2 atom stereocenters. The van der Waals surface area contributed by atoms with E-state index in [1.165, 1.54) is 77.9 Å². The quantitative estimate of drug-likeness (QED) is 0.175. The summed E-state index contributed by atoms with van der Waals surface area (Å²) in [7, 11) is 0. The van der Waals surface area contributed by atoms with Gasteiger partial charge in [0.25, 0.3) is 0 Å². The van der Waals surface area contributed by atoms with Gasteiger partial charge in [-0.3, -0.25) is 4.57 Å². The molecule has 0 bridgehead atoms. The Labute approximate surface area is 343 Å². The molecule has 0 radical (unpaired) electrons. The van der Waals surface area contributed by atoms with Crippen LogP contribution in [0.25, 0.3) is 61.5 Å². The lowest BCUT2D eigenvalue weighted by molar-refractivity contribution is 0.636. The zero-order valence-electron chi connectivity index (χ0n) is 32.2. The predicted octanol–water partition coefficient (Wildman–Crippen LogP) is 13.4. The van der Waals surface area contributed by atoms with E-state index in [2.05, 4.69) is 223 Å². The highest BCUT2D eigenvalue weighted by atomic mass is 15.1. The van der Waals surface area contributed by atoms with Crippen LogP contribution in [0.5, 0.6) is 0 Å². The topological polar surface area (TPSA) is 17.8 Å². The Morgan fingerprint density at radius 1 is 0.339 bits per heavy atom. The molecule has 0 saturated heterocycles. The first kappa shape index (κ1) is 32.5. The van der Waals surface area contributed by atoms with E-state index in [1.807, 2.05) is 0 Å². The van der Waals surface area contributed by atoms with Gasteiger partial charge in [0, 0.05) is 11.3 Å². The average Bonchev–Trinajstić information content (AvgIpc) is 3.95. The first-order chi connectivity index (χ1) is 29.3. The smallest absolute Gasteiger partial charge is 0.145 e. The van der Waals surface area contributed by atoms with Crippen molar-refractivity contribution in [3.63, 3.8) is 0 Å². The maximum Gasteiger partial charge on any atom is 0.145 e. The Bertz CT molecular complexity index is 3320. The summed E-state index contributed by atoms with van der Waals surface area (Å²) >= 11 is 0. The summed E-state index contributed by atoms with van der Waals surface area (Å²) in [5, 5.41) is 0. The molecular weight excluding hydrogens is 713 g/mol. The number of benzene rings is 9. The monoisotopic (exact) mass is 748 g/mol. The number of imidazole rings is 1. The van der Waals surface area contributed by atoms with Crippen molar-refractivity contribution >= 4 is 11.0 Å². The van der Waals surface area contributed by atoms with E-state index in [0.29, 0.717) is 0 Å². The molecule has 10 aromatic rings. The highest BCUT2D eigenvalue weighted by Gasteiger charge is 2.59. The number of para-hydroxylation sites is 3. The van der Waals surface area contributed by atoms with E-state index in [9.17, 15) is 0 Å². The van der Waals surface area contributed by atoms with Crippen LogP contribution in [0, 0.1) is 0 Å². The molecule has 59 heavy (non-hydrogen) atoms. The van der Waals surface area contributed by atoms with Crippen LogP contribution in [0.4, 0.5) is 0 Å². The van der Waals surface area contributed by atoms with Gasteiger partial charge in [-0.05, 0) is 102 Å². The molecule has 1 aromatic heterocycles. The van der Waals surface area contributed by atoms with Crippen molar-refractivity contribution in [3.8, 4) is 50.5 Å². The summed E-state index contributed by atoms with van der Waals surface area (Å²) in [5.74, 6) is 0.936. The Hall–Kier alpha value is -7.55. The van der Waals surface area contributed by atoms with E-state index >= 15 is 0 Å². The zero-order chi connectivity index (χ0) is 38.7. The zero-order valence-corrected chi connectivity index (χ0v) is 32.2. The van der Waals surface area contributed by atoms with Gasteiger partial charge in [-0.15, -0.1) is 0 Å². The van der Waals surface area contributed by atoms with Gasteiger partial charge < -0.3 is 0 Å². The third-order valence-corrected chi connectivity index (χ3v) is 13.5. The maximum atomic E-state index is 5.17. The molecule has 0 saturated carbocycles. The van der Waals surface area contributed by atoms with Crippen LogP contribution in [-0.2, 0) is 10.8 Å². The van der Waals surface area contributed by atoms with E-state index in [1.54, 1.807) is 0 Å². The molecule has 2 heteroatoms. The fraction of sp³-hybridized carbons (Fsp3) is 0.0351. The summed E-state index contributed by atoms with van der Waals surface area (Å²) in [6.07, 6.45) is 0. The lowest BCUT2D eigenvalue weighted by Gasteiger charge is -2.48. The lowest BCUT2D eigenvalue weighted by Crippen LogP contribution is -2.43. The maximum absolute atomic E-state index is 5.17. The third kappa shape index (κ3) is 4.08. The molecule has 2 unspecified atom stereocenters. The number of aromatic nitrogens is 2. The second-order valence-electron chi connectivity index (χ2n) is 16.1. The van der Waals surface area contributed by atoms with Crippen molar-refractivity contribution in [3.05, 3.63) is 263 Å². The highest BCUT2D eigenvalue weighted by Crippen LogP contribution is 2.69. The van der Waals surface area contributed by atoms with Crippen LogP contribution < -0.4 is 0 Å². The number of hydrogen-bond acceptors (Lipinski definition) is 1. The Morgan fingerprint density at radius 3 is 1.63 bits per heavy atom. The molecule has 3 aliphatic rings. The second-order valence-corrected chi connectivity index (χ2v) is 16.1. The largest absolute Gasteiger partial charge is 0.292 e. The number of rotatable bonds is 4. The molecule has 0 aliphatic heterocycles. The van der Waals surface area contributed by atoms with Gasteiger partial charge in [0.05, 0.1) is 21.9 Å². The highest BCUT2D eigenvalue weighted by molar-refractivity contribution is 5.99. The molecule has 274 valence electrons. The molecule has 13 rings (SSSR count). The predicted molar refractivity (Wildman–Crippen MR) is 240 cm³/mol. The molecule has 3 aliphatic carbocycles. The number of nitrogens with zero attached hydrogens (tertiary/aromatic N) is 2. The third-order valence-electron chi connectivity index (χ3n) is 13.5. The van der Waals surface area contributed by atoms with Crippen molar-refractivity contribution in [2.75, 3.05) is 0 Å². The SMILES string of the molecule is c1ccc(-n2c(-c3ccc(-c4cccc5c4-c4ccccc4C54c5ccccc5C5(c6ccccc6)c6ccccc6-c6cccc4c65)cc3)nc3ccccc32)cc1. The fourth-order valence-electron chi connectivity index (χ4n) is 11.4. The lowest BCUT2D eigenvalue weighted by atomic mass is 9.52. The molecule has 2 nitrogen and oxygen atoms in total. The van der Waals surface area contributed by atoms with Gasteiger partial charge in [0.15, 0.2) is 0 Å². The minimum Gasteiger partial charge on any atom is -0.292 e. The van der Waals surface area contributed by atoms with E-state index < -0.39 is 10.8 Å². The van der Waals surface area contributed by atoms with Crippen molar-refractivity contribution in [2.45, 2.75) is 10.8 Å². The first-order valence-corrected chi connectivity index (χ1v) is 20.6. The fourth-order valence-corrected chi connectivity index (χ4v) is 11.4. The van der Waals surface area contributed by atoms with Gasteiger partial charge in [-0.25, -0.2) is 4.98 Å². The minimum absolute atomic E-state index is 0.451. The molecule has 9 aromatic carbocycles. The first-order valence-electron chi connectivity index (χ1n) is 20.6. The van der Waals surface area contributed by atoms with Crippen LogP contribution >= 0.6 is 0 Å². The standard InChI is InChI=1S/C57H36N2/c1-3-17-39(18-4-1)56-45-25-9-7-21-42(45)43-24-16-30-50(54(43)56)57(48-28-12-11-27-47(48)56)46-26-10-8-22-44(46)53-41(23-15-29-49(53)57)37-33-35-38(36-34-37)55-58-51-31-13-14-32-52(51)59(55)40-19-5-2-6-20-40/h1-36H. The molecular formula is C57H36N2. The van der Waals surface area contributed by atoms with Crippen LogP contribution in [0.15, 0.2) is 218 Å². The Morgan fingerprint density at radius 2 is 0.864 bits per heavy atom. The normalized spacial score (nSPS) is 17.6. The van der Waals surface area contributed by atoms with Gasteiger partial charge >= 0.3 is 0 Å². The summed E-state index contributed by atoms with van der Waals surface area (Å²) in [6, 6.07) is 81.0. The molecule has 0 amide bonds. The van der Waals surface area contributed by atoms with Gasteiger partial charge in [0.2, 0.25) is 0 Å². The van der Waals surface area contributed by atoms with Crippen molar-refractivity contribution in [1.82, 2.24) is 9.55 Å². The van der Waals surface area contributed by atoms with Crippen LogP contribution in [-0.4, -0.2) is 9.55 Å². The summed E-state index contributed by atoms with van der Waals surface area (Å²) in [6.45, 7) is 0. The van der Waals surface area contributed by atoms with Crippen molar-refractivity contribution in [1.29, 1.82) is 0 Å². The number of fused-ring (bicyclic) bond motifs is 13. The van der Waals surface area contributed by atoms with Crippen molar-refractivity contribution in [2.24, 2.45) is 0 Å². The second kappa shape index (κ2) is 12.0. The molecule has 0 N–H and O–H groups in total. The summed E-state index contributed by atoms with van der Waals surface area (Å²) < 4.78 is 2.27. The summed E-state index contributed by atoms with van der Waals surface area (Å²) in [4.78, 5) is 5.17. The molecule has 1 spiro atoms. The van der Waals surface area contributed by atoms with Gasteiger partial charge in [-0.1, -0.05) is 194 Å². The van der Waals surface area contributed by atoms with E-state index in [4.69, 9.17) is 4.98 Å². The summed E-state index contributed by atoms with van der Waals surface area (Å²) in [5.41, 5.74) is 21.8. The molecule has 0 fully saturated rings. The van der Waals surface area contributed by atoms with Gasteiger partial charge in [-0.2, -0.15) is 0 Å². The van der Waals surface area contributed by atoms with Crippen molar-refractivity contribution < 1.29 is 0 Å². The Balaban J connectivity index is 1.06. The minimum atomic E-state index is -0.523. The Kier molecular flexibility index (Phi) is 6.61. The van der Waals surface area contributed by atoms with Crippen LogP contribution in [0.2, 0.25) is 0 Å². The average molecular weight is 749 g/mol. The van der Waals surface area contributed by atoms with Crippen LogP contribution in [0.1, 0.15) is 44.5 Å².